The molecule has 2 heterocycles. The molecule has 2 rings (SSSR count). The van der Waals surface area contributed by atoms with Crippen molar-refractivity contribution in [3.63, 3.8) is 0 Å². The molecule has 0 aliphatic carbocycles. The summed E-state index contributed by atoms with van der Waals surface area (Å²) in [6.07, 6.45) is -0.204. The van der Waals surface area contributed by atoms with Gasteiger partial charge in [0.05, 0.1) is 4.87 Å². The van der Waals surface area contributed by atoms with E-state index in [0.29, 0.717) is 0 Å². The number of H-pyrrole nitrogens is 1. The molecule has 0 aromatic carbocycles. The smallest absolute Gasteiger partial charge is 0.330 e. The van der Waals surface area contributed by atoms with Crippen LogP contribution in [-0.2, 0) is 4.74 Å². The molecule has 0 amide bonds. The second kappa shape index (κ2) is 4.18. The fourth-order valence-corrected chi connectivity index (χ4v) is 2.37. The average Bonchev–Trinajstić information content (AvgIpc) is 2.50. The molecule has 3 unspecified atom stereocenters. The van der Waals surface area contributed by atoms with Gasteiger partial charge in [0.1, 0.15) is 6.61 Å². The van der Waals surface area contributed by atoms with E-state index in [-0.39, 0.29) is 6.42 Å². The molecule has 1 aliphatic rings. The fourth-order valence-electron chi connectivity index (χ4n) is 2.02. The number of alkyl halides is 2. The van der Waals surface area contributed by atoms with E-state index in [1.165, 1.54) is 13.1 Å². The maximum atomic E-state index is 13.9. The van der Waals surface area contributed by atoms with Gasteiger partial charge in [0.25, 0.3) is 5.56 Å². The Morgan fingerprint density at radius 1 is 1.72 bits per heavy atom. The standard InChI is InChI=1S/C10H12ClFN2O4/c1-9(11)4-10(12,5-15)18-7(9)14-3-2-6(16)13-8(14)17/h2-3,7,15H,4-5H2,1H3,(H,13,16,17). The van der Waals surface area contributed by atoms with Gasteiger partial charge in [0, 0.05) is 18.7 Å². The molecule has 0 saturated carbocycles. The highest BCUT2D eigenvalue weighted by Crippen LogP contribution is 2.47. The third-order valence-corrected chi connectivity index (χ3v) is 3.11. The average molecular weight is 279 g/mol. The van der Waals surface area contributed by atoms with Crippen LogP contribution in [0.1, 0.15) is 19.6 Å². The van der Waals surface area contributed by atoms with Crippen molar-refractivity contribution in [3.05, 3.63) is 33.1 Å². The maximum absolute atomic E-state index is 13.9. The molecule has 1 aromatic heterocycles. The lowest BCUT2D eigenvalue weighted by molar-refractivity contribution is -0.178. The van der Waals surface area contributed by atoms with Crippen LogP contribution >= 0.6 is 11.6 Å². The van der Waals surface area contributed by atoms with E-state index in [4.69, 9.17) is 21.4 Å². The van der Waals surface area contributed by atoms with Gasteiger partial charge in [-0.1, -0.05) is 0 Å². The molecule has 1 aliphatic heterocycles. The van der Waals surface area contributed by atoms with Crippen molar-refractivity contribution in [2.24, 2.45) is 0 Å². The zero-order valence-electron chi connectivity index (χ0n) is 9.52. The summed E-state index contributed by atoms with van der Waals surface area (Å²) in [5, 5.41) is 8.93. The summed E-state index contributed by atoms with van der Waals surface area (Å²) in [5.41, 5.74) is -1.32. The monoisotopic (exact) mass is 278 g/mol. The predicted octanol–water partition coefficient (Wildman–Crippen LogP) is 0.111. The number of rotatable bonds is 2. The molecular weight excluding hydrogens is 267 g/mol. The summed E-state index contributed by atoms with van der Waals surface area (Å²) in [4.78, 5) is 23.4. The highest BCUT2D eigenvalue weighted by Gasteiger charge is 2.54. The number of hydrogen-bond donors (Lipinski definition) is 2. The minimum absolute atomic E-state index is 0.270. The van der Waals surface area contributed by atoms with Crippen LogP contribution in [0.2, 0.25) is 0 Å². The van der Waals surface area contributed by atoms with Gasteiger partial charge in [-0.25, -0.2) is 9.18 Å². The minimum Gasteiger partial charge on any atom is -0.390 e. The molecule has 0 radical (unpaired) electrons. The number of aliphatic hydroxyl groups is 1. The van der Waals surface area contributed by atoms with Crippen molar-refractivity contribution in [3.8, 4) is 0 Å². The van der Waals surface area contributed by atoms with Crippen LogP contribution in [0.25, 0.3) is 0 Å². The normalized spacial score (nSPS) is 35.9. The lowest BCUT2D eigenvalue weighted by atomic mass is 10.0. The quantitative estimate of drug-likeness (QED) is 0.752. The van der Waals surface area contributed by atoms with E-state index in [9.17, 15) is 14.0 Å². The van der Waals surface area contributed by atoms with Gasteiger partial charge in [0.2, 0.25) is 5.85 Å². The number of ether oxygens (including phenoxy) is 1. The Labute approximate surface area is 106 Å². The molecule has 8 heteroatoms. The summed E-state index contributed by atoms with van der Waals surface area (Å²) >= 11 is 6.12. The first-order valence-corrected chi connectivity index (χ1v) is 5.63. The number of halogens is 2. The Morgan fingerprint density at radius 2 is 2.39 bits per heavy atom. The van der Waals surface area contributed by atoms with Crippen LogP contribution in [0, 0.1) is 0 Å². The molecule has 1 saturated heterocycles. The van der Waals surface area contributed by atoms with Crippen LogP contribution in [0.15, 0.2) is 21.9 Å². The van der Waals surface area contributed by atoms with Crippen LogP contribution in [0.4, 0.5) is 4.39 Å². The van der Waals surface area contributed by atoms with Crippen LogP contribution in [0.5, 0.6) is 0 Å². The molecule has 100 valence electrons. The molecule has 1 aromatic rings. The number of aliphatic hydroxyl groups excluding tert-OH is 1. The largest absolute Gasteiger partial charge is 0.390 e. The SMILES string of the molecule is CC1(Cl)CC(F)(CO)OC1n1ccc(=O)[nH]c1=O. The molecular formula is C10H12ClFN2O4. The Kier molecular flexibility index (Phi) is 3.08. The van der Waals surface area contributed by atoms with Gasteiger partial charge in [-0.2, -0.15) is 0 Å². The van der Waals surface area contributed by atoms with E-state index in [1.807, 2.05) is 4.98 Å². The lowest BCUT2D eigenvalue weighted by Gasteiger charge is -2.23. The Hall–Kier alpha value is -1.18. The lowest BCUT2D eigenvalue weighted by Crippen LogP contribution is -2.37. The third-order valence-electron chi connectivity index (χ3n) is 2.79. The minimum atomic E-state index is -2.29. The Bertz CT molecular complexity index is 569. The number of nitrogens with zero attached hydrogens (tertiary/aromatic N) is 1. The van der Waals surface area contributed by atoms with Gasteiger partial charge >= 0.3 is 5.69 Å². The van der Waals surface area contributed by atoms with Crippen molar-refractivity contribution < 1.29 is 14.2 Å². The van der Waals surface area contributed by atoms with Crippen LogP contribution in [0.3, 0.4) is 0 Å². The number of aromatic nitrogens is 2. The third kappa shape index (κ3) is 2.21. The molecule has 0 bridgehead atoms. The van der Waals surface area contributed by atoms with E-state index in [0.717, 1.165) is 10.6 Å². The van der Waals surface area contributed by atoms with Crippen molar-refractivity contribution in [1.29, 1.82) is 0 Å². The van der Waals surface area contributed by atoms with Crippen molar-refractivity contribution in [2.75, 3.05) is 6.61 Å². The van der Waals surface area contributed by atoms with E-state index >= 15 is 0 Å². The van der Waals surface area contributed by atoms with Crippen molar-refractivity contribution in [2.45, 2.75) is 30.3 Å². The summed E-state index contributed by atoms with van der Waals surface area (Å²) < 4.78 is 19.9. The maximum Gasteiger partial charge on any atom is 0.330 e. The Morgan fingerprint density at radius 3 is 2.89 bits per heavy atom. The molecule has 0 spiro atoms. The molecule has 1 fully saturated rings. The van der Waals surface area contributed by atoms with Gasteiger partial charge in [-0.3, -0.25) is 14.3 Å². The van der Waals surface area contributed by atoms with Crippen molar-refractivity contribution in [1.82, 2.24) is 9.55 Å². The van der Waals surface area contributed by atoms with Crippen LogP contribution in [-0.4, -0.2) is 32.0 Å². The summed E-state index contributed by atoms with van der Waals surface area (Å²) in [6.45, 7) is 0.637. The fraction of sp³-hybridized carbons (Fsp3) is 0.600. The molecule has 6 nitrogen and oxygen atoms in total. The number of nitrogens with one attached hydrogen (secondary N) is 1. The summed E-state index contributed by atoms with van der Waals surface area (Å²) in [7, 11) is 0. The summed E-state index contributed by atoms with van der Waals surface area (Å²) in [6, 6.07) is 1.11. The first kappa shape index (κ1) is 13.3. The van der Waals surface area contributed by atoms with E-state index in [2.05, 4.69) is 0 Å². The first-order chi connectivity index (χ1) is 8.27. The number of aromatic amines is 1. The van der Waals surface area contributed by atoms with Gasteiger partial charge < -0.3 is 9.84 Å². The zero-order chi connectivity index (χ0) is 13.6. The Balaban J connectivity index is 2.45. The van der Waals surface area contributed by atoms with E-state index < -0.39 is 34.8 Å². The van der Waals surface area contributed by atoms with Gasteiger partial charge in [-0.15, -0.1) is 11.6 Å². The second-order valence-corrected chi connectivity index (χ2v) is 5.35. The predicted molar refractivity (Wildman–Crippen MR) is 61.2 cm³/mol. The zero-order valence-corrected chi connectivity index (χ0v) is 10.3. The molecule has 2 N–H and O–H groups in total. The van der Waals surface area contributed by atoms with Crippen molar-refractivity contribution >= 4 is 11.6 Å². The highest BCUT2D eigenvalue weighted by atomic mass is 35.5. The highest BCUT2D eigenvalue weighted by molar-refractivity contribution is 6.24. The van der Waals surface area contributed by atoms with Gasteiger partial charge in [0.15, 0.2) is 6.23 Å². The number of hydrogen-bond acceptors (Lipinski definition) is 4. The molecule has 3 atom stereocenters. The second-order valence-electron chi connectivity index (χ2n) is 4.48. The summed E-state index contributed by atoms with van der Waals surface area (Å²) in [5.74, 6) is -2.29. The topological polar surface area (TPSA) is 84.3 Å². The van der Waals surface area contributed by atoms with Crippen LogP contribution < -0.4 is 11.2 Å². The van der Waals surface area contributed by atoms with E-state index in [1.54, 1.807) is 0 Å². The first-order valence-electron chi connectivity index (χ1n) is 5.25. The van der Waals surface area contributed by atoms with Gasteiger partial charge in [-0.05, 0) is 6.92 Å². The molecule has 18 heavy (non-hydrogen) atoms.